The van der Waals surface area contributed by atoms with Gasteiger partial charge >= 0.3 is 0 Å². The monoisotopic (exact) mass is 284 g/mol. The molecule has 0 heterocycles. The summed E-state index contributed by atoms with van der Waals surface area (Å²) in [4.78, 5) is 22.5. The lowest BCUT2D eigenvalue weighted by Gasteiger charge is -2.05. The summed E-state index contributed by atoms with van der Waals surface area (Å²) < 4.78 is 5.81. The average Bonchev–Trinajstić information content (AvgIpc) is 2.25. The van der Waals surface area contributed by atoms with E-state index in [4.69, 9.17) is 4.74 Å². The molecule has 0 aliphatic carbocycles. The largest absolute Gasteiger partial charge is 0.496 e. The van der Waals surface area contributed by atoms with Crippen LogP contribution < -0.4 is 4.74 Å². The molecule has 0 aromatic heterocycles. The number of Topliss-reactive ketones (excluding diaryl/α,β-unsaturated/α-hetero) is 2. The van der Waals surface area contributed by atoms with E-state index in [1.165, 1.54) is 6.92 Å². The topological polar surface area (TPSA) is 43.4 Å². The summed E-state index contributed by atoms with van der Waals surface area (Å²) in [6.07, 6.45) is 0.552. The van der Waals surface area contributed by atoms with Crippen molar-refractivity contribution in [1.82, 2.24) is 0 Å². The maximum atomic E-state index is 11.7. The highest BCUT2D eigenvalue weighted by atomic mass is 79.9. The van der Waals surface area contributed by atoms with Crippen LogP contribution in [0.1, 0.15) is 30.1 Å². The molecule has 0 aliphatic rings. The number of halogens is 1. The van der Waals surface area contributed by atoms with Crippen molar-refractivity contribution in [3.8, 4) is 5.75 Å². The summed E-state index contributed by atoms with van der Waals surface area (Å²) in [7, 11) is 1.57. The van der Waals surface area contributed by atoms with Gasteiger partial charge in [0, 0.05) is 18.4 Å². The Morgan fingerprint density at radius 3 is 2.50 bits per heavy atom. The number of hydrogen-bond acceptors (Lipinski definition) is 3. The van der Waals surface area contributed by atoms with Gasteiger partial charge in [0.25, 0.3) is 0 Å². The van der Waals surface area contributed by atoms with E-state index in [9.17, 15) is 9.59 Å². The summed E-state index contributed by atoms with van der Waals surface area (Å²) >= 11 is 3.31. The van der Waals surface area contributed by atoms with E-state index in [-0.39, 0.29) is 18.0 Å². The third-order valence-corrected chi connectivity index (χ3v) is 2.80. The Balaban J connectivity index is 2.77. The summed E-state index contributed by atoms with van der Waals surface area (Å²) in [5, 5.41) is 0. The van der Waals surface area contributed by atoms with Crippen molar-refractivity contribution in [3.05, 3.63) is 28.2 Å². The fraction of sp³-hybridized carbons (Fsp3) is 0.333. The van der Waals surface area contributed by atoms with Crippen LogP contribution in [0.15, 0.2) is 22.7 Å². The lowest BCUT2D eigenvalue weighted by molar-refractivity contribution is -0.116. The standard InChI is InChI=1S/C12H13BrO3/c1-8(14)3-5-11(15)9-4-6-12(16-2)10(13)7-9/h4,6-7H,3,5H2,1-2H3. The molecular formula is C12H13BrO3. The van der Waals surface area contributed by atoms with Gasteiger partial charge in [-0.2, -0.15) is 0 Å². The van der Waals surface area contributed by atoms with Gasteiger partial charge in [-0.15, -0.1) is 0 Å². The van der Waals surface area contributed by atoms with E-state index in [0.29, 0.717) is 17.7 Å². The molecule has 0 radical (unpaired) electrons. The second kappa shape index (κ2) is 5.80. The summed E-state index contributed by atoms with van der Waals surface area (Å²) in [5.74, 6) is 0.683. The first kappa shape index (κ1) is 12.9. The number of carbonyl (C=O) groups is 2. The molecule has 0 amide bonds. The second-order valence-electron chi connectivity index (χ2n) is 3.47. The maximum Gasteiger partial charge on any atom is 0.163 e. The van der Waals surface area contributed by atoms with E-state index < -0.39 is 0 Å². The Morgan fingerprint density at radius 2 is 2.00 bits per heavy atom. The number of carbonyl (C=O) groups excluding carboxylic acids is 2. The minimum Gasteiger partial charge on any atom is -0.496 e. The Morgan fingerprint density at radius 1 is 1.31 bits per heavy atom. The van der Waals surface area contributed by atoms with Gasteiger partial charge in [0.05, 0.1) is 11.6 Å². The third-order valence-electron chi connectivity index (χ3n) is 2.18. The van der Waals surface area contributed by atoms with Gasteiger partial charge in [0.1, 0.15) is 11.5 Å². The van der Waals surface area contributed by atoms with E-state index in [0.717, 1.165) is 4.47 Å². The Labute approximate surface area is 103 Å². The minimum atomic E-state index is -0.0291. The van der Waals surface area contributed by atoms with Crippen molar-refractivity contribution in [1.29, 1.82) is 0 Å². The molecule has 16 heavy (non-hydrogen) atoms. The molecule has 4 heteroatoms. The van der Waals surface area contributed by atoms with Crippen LogP contribution >= 0.6 is 15.9 Å². The first-order chi connectivity index (χ1) is 7.54. The zero-order valence-corrected chi connectivity index (χ0v) is 10.8. The normalized spacial score (nSPS) is 9.94. The van der Waals surface area contributed by atoms with Crippen LogP contribution in [0.25, 0.3) is 0 Å². The van der Waals surface area contributed by atoms with Crippen LogP contribution in [0.4, 0.5) is 0 Å². The third kappa shape index (κ3) is 3.45. The molecule has 86 valence electrons. The summed E-state index contributed by atoms with van der Waals surface area (Å²) in [6.45, 7) is 1.48. The molecule has 0 saturated heterocycles. The first-order valence-electron chi connectivity index (χ1n) is 4.90. The zero-order valence-electron chi connectivity index (χ0n) is 9.25. The first-order valence-corrected chi connectivity index (χ1v) is 5.70. The Kier molecular flexibility index (Phi) is 4.68. The molecule has 0 spiro atoms. The fourth-order valence-corrected chi connectivity index (χ4v) is 1.81. The van der Waals surface area contributed by atoms with Crippen molar-refractivity contribution in [2.24, 2.45) is 0 Å². The highest BCUT2D eigenvalue weighted by molar-refractivity contribution is 9.10. The average molecular weight is 285 g/mol. The lowest BCUT2D eigenvalue weighted by Crippen LogP contribution is -2.02. The van der Waals surface area contributed by atoms with Gasteiger partial charge in [-0.05, 0) is 41.1 Å². The van der Waals surface area contributed by atoms with Crippen molar-refractivity contribution >= 4 is 27.5 Å². The molecular weight excluding hydrogens is 272 g/mol. The summed E-state index contributed by atoms with van der Waals surface area (Å²) in [6, 6.07) is 5.14. The lowest BCUT2D eigenvalue weighted by atomic mass is 10.1. The number of rotatable bonds is 5. The quantitative estimate of drug-likeness (QED) is 0.781. The number of hydrogen-bond donors (Lipinski definition) is 0. The van der Waals surface area contributed by atoms with Crippen LogP contribution in [0.3, 0.4) is 0 Å². The van der Waals surface area contributed by atoms with Crippen LogP contribution in [-0.2, 0) is 4.79 Å². The van der Waals surface area contributed by atoms with Crippen LogP contribution in [0.5, 0.6) is 5.75 Å². The molecule has 3 nitrogen and oxygen atoms in total. The number of methoxy groups -OCH3 is 1. The van der Waals surface area contributed by atoms with Crippen molar-refractivity contribution in [2.45, 2.75) is 19.8 Å². The SMILES string of the molecule is COc1ccc(C(=O)CCC(C)=O)cc1Br. The molecule has 1 aromatic carbocycles. The van der Waals surface area contributed by atoms with Crippen molar-refractivity contribution in [2.75, 3.05) is 7.11 Å². The van der Waals surface area contributed by atoms with E-state index in [1.54, 1.807) is 25.3 Å². The van der Waals surface area contributed by atoms with Gasteiger partial charge in [-0.25, -0.2) is 0 Å². The predicted octanol–water partition coefficient (Wildman–Crippen LogP) is 3.01. The van der Waals surface area contributed by atoms with Crippen LogP contribution in [0, 0.1) is 0 Å². The minimum absolute atomic E-state index is 0.0286. The fourth-order valence-electron chi connectivity index (χ4n) is 1.27. The number of benzene rings is 1. The molecule has 0 unspecified atom stereocenters. The van der Waals surface area contributed by atoms with Gasteiger partial charge in [0.2, 0.25) is 0 Å². The predicted molar refractivity (Wildman–Crippen MR) is 64.9 cm³/mol. The van der Waals surface area contributed by atoms with Gasteiger partial charge in [-0.1, -0.05) is 0 Å². The molecule has 1 rings (SSSR count). The maximum absolute atomic E-state index is 11.7. The van der Waals surface area contributed by atoms with Gasteiger partial charge in [-0.3, -0.25) is 4.79 Å². The molecule has 1 aromatic rings. The highest BCUT2D eigenvalue weighted by Crippen LogP contribution is 2.26. The molecule has 0 saturated carbocycles. The molecule has 0 aliphatic heterocycles. The van der Waals surface area contributed by atoms with Gasteiger partial charge in [0.15, 0.2) is 5.78 Å². The van der Waals surface area contributed by atoms with E-state index in [2.05, 4.69) is 15.9 Å². The smallest absolute Gasteiger partial charge is 0.163 e. The van der Waals surface area contributed by atoms with E-state index in [1.807, 2.05) is 0 Å². The molecule has 0 bridgehead atoms. The van der Waals surface area contributed by atoms with Crippen molar-refractivity contribution < 1.29 is 14.3 Å². The number of ketones is 2. The summed E-state index contributed by atoms with van der Waals surface area (Å²) in [5.41, 5.74) is 0.592. The highest BCUT2D eigenvalue weighted by Gasteiger charge is 2.09. The second-order valence-corrected chi connectivity index (χ2v) is 4.33. The molecule has 0 fully saturated rings. The molecule has 0 atom stereocenters. The Hall–Kier alpha value is -1.16. The Bertz CT molecular complexity index is 413. The molecule has 0 N–H and O–H groups in total. The van der Waals surface area contributed by atoms with Gasteiger partial charge < -0.3 is 9.53 Å². The van der Waals surface area contributed by atoms with Crippen molar-refractivity contribution in [3.63, 3.8) is 0 Å². The van der Waals surface area contributed by atoms with Crippen LogP contribution in [-0.4, -0.2) is 18.7 Å². The van der Waals surface area contributed by atoms with Crippen LogP contribution in [0.2, 0.25) is 0 Å². The number of ether oxygens (including phenoxy) is 1. The zero-order chi connectivity index (χ0) is 12.1. The van der Waals surface area contributed by atoms with E-state index >= 15 is 0 Å².